The van der Waals surface area contributed by atoms with Gasteiger partial charge in [-0.1, -0.05) is 24.3 Å². The van der Waals surface area contributed by atoms with E-state index in [1.54, 1.807) is 4.90 Å². The smallest absolute Gasteiger partial charge is 0.243 e. The van der Waals surface area contributed by atoms with Gasteiger partial charge in [-0.3, -0.25) is 14.4 Å². The van der Waals surface area contributed by atoms with Gasteiger partial charge in [-0.15, -0.1) is 11.3 Å². The van der Waals surface area contributed by atoms with Gasteiger partial charge < -0.3 is 20.0 Å². The summed E-state index contributed by atoms with van der Waals surface area (Å²) >= 11 is 1.52. The maximum absolute atomic E-state index is 12.9. The maximum Gasteiger partial charge on any atom is 0.243 e. The number of rotatable bonds is 5. The first-order chi connectivity index (χ1) is 14.6. The minimum absolute atomic E-state index is 0.0351. The number of thiophene rings is 1. The quantitative estimate of drug-likeness (QED) is 0.784. The zero-order valence-electron chi connectivity index (χ0n) is 16.8. The number of amides is 3. The highest BCUT2D eigenvalue weighted by molar-refractivity contribution is 7.10. The summed E-state index contributed by atoms with van der Waals surface area (Å²) in [5, 5.41) is 4.74. The van der Waals surface area contributed by atoms with Crippen LogP contribution in [-0.4, -0.2) is 72.8 Å². The van der Waals surface area contributed by atoms with Gasteiger partial charge in [0.1, 0.15) is 6.04 Å². The standard InChI is InChI=1S/C22H26N4O3S/c27-20(25-12-10-24(11-13-25)17-5-2-1-3-6-17)16-19-22(29)23-8-9-26(19)21(28)15-18-7-4-14-30-18/h1-7,14,19H,8-13,15-16H2,(H,23,29)/t19-/m0/s1. The van der Waals surface area contributed by atoms with Crippen LogP contribution in [0, 0.1) is 0 Å². The van der Waals surface area contributed by atoms with Gasteiger partial charge in [0.25, 0.3) is 0 Å². The van der Waals surface area contributed by atoms with Crippen LogP contribution in [0.1, 0.15) is 11.3 Å². The number of para-hydroxylation sites is 1. The molecular weight excluding hydrogens is 400 g/mol. The minimum atomic E-state index is -0.731. The summed E-state index contributed by atoms with van der Waals surface area (Å²) in [7, 11) is 0. The molecule has 0 bridgehead atoms. The first kappa shape index (κ1) is 20.4. The number of piperazine rings is 2. The molecule has 3 amide bonds. The summed E-state index contributed by atoms with van der Waals surface area (Å²) in [6, 6.07) is 13.2. The van der Waals surface area contributed by atoms with Crippen molar-refractivity contribution in [2.45, 2.75) is 18.9 Å². The molecule has 30 heavy (non-hydrogen) atoms. The maximum atomic E-state index is 12.9. The Kier molecular flexibility index (Phi) is 6.32. The van der Waals surface area contributed by atoms with Crippen LogP contribution >= 0.6 is 11.3 Å². The Labute approximate surface area is 180 Å². The van der Waals surface area contributed by atoms with Crippen LogP contribution in [0.4, 0.5) is 5.69 Å². The Balaban J connectivity index is 1.35. The van der Waals surface area contributed by atoms with Crippen LogP contribution < -0.4 is 10.2 Å². The van der Waals surface area contributed by atoms with Gasteiger partial charge in [0.15, 0.2) is 0 Å². The van der Waals surface area contributed by atoms with E-state index >= 15 is 0 Å². The predicted molar refractivity (Wildman–Crippen MR) is 116 cm³/mol. The van der Waals surface area contributed by atoms with E-state index in [9.17, 15) is 14.4 Å². The Hall–Kier alpha value is -2.87. The Morgan fingerprint density at radius 3 is 2.43 bits per heavy atom. The highest BCUT2D eigenvalue weighted by atomic mass is 32.1. The summed E-state index contributed by atoms with van der Waals surface area (Å²) < 4.78 is 0. The molecule has 2 fully saturated rings. The van der Waals surface area contributed by atoms with Crippen LogP contribution in [0.3, 0.4) is 0 Å². The number of carbonyl (C=O) groups excluding carboxylic acids is 3. The van der Waals surface area contributed by atoms with Gasteiger partial charge >= 0.3 is 0 Å². The number of hydrogen-bond acceptors (Lipinski definition) is 5. The van der Waals surface area contributed by atoms with E-state index in [-0.39, 0.29) is 30.6 Å². The molecule has 2 saturated heterocycles. The van der Waals surface area contributed by atoms with E-state index in [0.29, 0.717) is 26.2 Å². The lowest BCUT2D eigenvalue weighted by Gasteiger charge is -2.38. The van der Waals surface area contributed by atoms with Crippen LogP contribution in [0.15, 0.2) is 47.8 Å². The number of nitrogens with one attached hydrogen (secondary N) is 1. The second-order valence-corrected chi connectivity index (χ2v) is 8.59. The highest BCUT2D eigenvalue weighted by Gasteiger charge is 2.36. The molecule has 1 N–H and O–H groups in total. The molecule has 3 heterocycles. The summed E-state index contributed by atoms with van der Waals surface area (Å²) in [4.78, 5) is 44.8. The minimum Gasteiger partial charge on any atom is -0.368 e. The van der Waals surface area contributed by atoms with Crippen molar-refractivity contribution < 1.29 is 14.4 Å². The molecule has 4 rings (SSSR count). The van der Waals surface area contributed by atoms with Gasteiger partial charge in [0.05, 0.1) is 12.8 Å². The molecule has 0 spiro atoms. The van der Waals surface area contributed by atoms with Gasteiger partial charge in [-0.05, 0) is 23.6 Å². The zero-order valence-corrected chi connectivity index (χ0v) is 17.6. The fourth-order valence-corrected chi connectivity index (χ4v) is 4.72. The monoisotopic (exact) mass is 426 g/mol. The largest absolute Gasteiger partial charge is 0.368 e. The van der Waals surface area contributed by atoms with E-state index in [1.165, 1.54) is 11.3 Å². The molecule has 1 aromatic carbocycles. The molecule has 158 valence electrons. The average Bonchev–Trinajstić information content (AvgIpc) is 3.29. The number of hydrogen-bond donors (Lipinski definition) is 1. The Bertz CT molecular complexity index is 879. The molecule has 0 aliphatic carbocycles. The molecule has 1 atom stereocenters. The van der Waals surface area contributed by atoms with Crippen molar-refractivity contribution >= 4 is 34.7 Å². The second kappa shape index (κ2) is 9.30. The molecule has 2 aromatic rings. The van der Waals surface area contributed by atoms with Crippen molar-refractivity contribution in [3.8, 4) is 0 Å². The molecule has 2 aliphatic rings. The highest BCUT2D eigenvalue weighted by Crippen LogP contribution is 2.19. The van der Waals surface area contributed by atoms with Crippen molar-refractivity contribution in [1.82, 2.24) is 15.1 Å². The molecule has 8 heteroatoms. The number of anilines is 1. The van der Waals surface area contributed by atoms with E-state index in [2.05, 4.69) is 22.3 Å². The normalized spacial score (nSPS) is 19.5. The lowest BCUT2D eigenvalue weighted by Crippen LogP contribution is -2.59. The summed E-state index contributed by atoms with van der Waals surface area (Å²) in [6.07, 6.45) is 0.304. The fraction of sp³-hybridized carbons (Fsp3) is 0.409. The van der Waals surface area contributed by atoms with Crippen molar-refractivity contribution in [2.24, 2.45) is 0 Å². The van der Waals surface area contributed by atoms with Crippen LogP contribution in [-0.2, 0) is 20.8 Å². The molecular formula is C22H26N4O3S. The lowest BCUT2D eigenvalue weighted by molar-refractivity contribution is -0.146. The van der Waals surface area contributed by atoms with E-state index in [1.807, 2.05) is 40.6 Å². The third-order valence-corrected chi connectivity index (χ3v) is 6.55. The number of nitrogens with zero attached hydrogens (tertiary/aromatic N) is 3. The summed E-state index contributed by atoms with van der Waals surface area (Å²) in [5.41, 5.74) is 1.15. The molecule has 0 saturated carbocycles. The first-order valence-electron chi connectivity index (χ1n) is 10.3. The third-order valence-electron chi connectivity index (χ3n) is 5.68. The van der Waals surface area contributed by atoms with E-state index in [0.717, 1.165) is 23.7 Å². The number of benzene rings is 1. The molecule has 0 radical (unpaired) electrons. The van der Waals surface area contributed by atoms with E-state index in [4.69, 9.17) is 0 Å². The zero-order chi connectivity index (χ0) is 20.9. The van der Waals surface area contributed by atoms with Crippen molar-refractivity contribution in [3.05, 3.63) is 52.7 Å². The van der Waals surface area contributed by atoms with Crippen molar-refractivity contribution in [3.63, 3.8) is 0 Å². The predicted octanol–water partition coefficient (Wildman–Crippen LogP) is 1.36. The second-order valence-electron chi connectivity index (χ2n) is 7.56. The number of carbonyl (C=O) groups is 3. The summed E-state index contributed by atoms with van der Waals surface area (Å²) in [6.45, 7) is 3.61. The summed E-state index contributed by atoms with van der Waals surface area (Å²) in [5.74, 6) is -0.408. The molecule has 2 aliphatic heterocycles. The van der Waals surface area contributed by atoms with Crippen LogP contribution in [0.5, 0.6) is 0 Å². The van der Waals surface area contributed by atoms with Crippen molar-refractivity contribution in [1.29, 1.82) is 0 Å². The van der Waals surface area contributed by atoms with Gasteiger partial charge in [-0.25, -0.2) is 0 Å². The van der Waals surface area contributed by atoms with Gasteiger partial charge in [0, 0.05) is 49.8 Å². The fourth-order valence-electron chi connectivity index (χ4n) is 4.03. The van der Waals surface area contributed by atoms with Gasteiger partial charge in [-0.2, -0.15) is 0 Å². The third kappa shape index (κ3) is 4.64. The van der Waals surface area contributed by atoms with Crippen LogP contribution in [0.25, 0.3) is 0 Å². The van der Waals surface area contributed by atoms with Gasteiger partial charge in [0.2, 0.25) is 17.7 Å². The molecule has 0 unspecified atom stereocenters. The van der Waals surface area contributed by atoms with Crippen molar-refractivity contribution in [2.75, 3.05) is 44.2 Å². The topological polar surface area (TPSA) is 73.0 Å². The van der Waals surface area contributed by atoms with E-state index < -0.39 is 6.04 Å². The van der Waals surface area contributed by atoms with Crippen LogP contribution in [0.2, 0.25) is 0 Å². The Morgan fingerprint density at radius 1 is 0.967 bits per heavy atom. The average molecular weight is 427 g/mol. The molecule has 7 nitrogen and oxygen atoms in total. The lowest BCUT2D eigenvalue weighted by atomic mass is 10.1. The Morgan fingerprint density at radius 2 is 1.73 bits per heavy atom. The first-order valence-corrected chi connectivity index (χ1v) is 11.2. The SMILES string of the molecule is O=C1NCCN(C(=O)Cc2cccs2)[C@H]1CC(=O)N1CCN(c2ccccc2)CC1. The molecule has 1 aromatic heterocycles.